The molecule has 0 aliphatic carbocycles. The van der Waals surface area contributed by atoms with E-state index in [2.05, 4.69) is 36.2 Å². The van der Waals surface area contributed by atoms with Gasteiger partial charge in [0.1, 0.15) is 0 Å². The zero-order valence-electron chi connectivity index (χ0n) is 9.07. The molecule has 1 aromatic heterocycles. The van der Waals surface area contributed by atoms with Crippen molar-refractivity contribution in [1.82, 2.24) is 4.57 Å². The number of hydrogen-bond acceptors (Lipinski definition) is 2. The molecule has 0 aromatic carbocycles. The Morgan fingerprint density at radius 3 is 3.00 bits per heavy atom. The Morgan fingerprint density at radius 2 is 2.36 bits per heavy atom. The minimum absolute atomic E-state index is 0.311. The van der Waals surface area contributed by atoms with E-state index < -0.39 is 0 Å². The van der Waals surface area contributed by atoms with Crippen molar-refractivity contribution in [1.29, 1.82) is 0 Å². The molecule has 1 aromatic rings. The van der Waals surface area contributed by atoms with E-state index in [-0.39, 0.29) is 0 Å². The van der Waals surface area contributed by atoms with Crippen LogP contribution in [-0.4, -0.2) is 22.6 Å². The van der Waals surface area contributed by atoms with Crippen LogP contribution in [0.2, 0.25) is 0 Å². The SMILES string of the molecule is CCC(N)Cc1ccn(CCSC)c1. The van der Waals surface area contributed by atoms with Gasteiger partial charge in [-0.25, -0.2) is 0 Å². The molecule has 14 heavy (non-hydrogen) atoms. The summed E-state index contributed by atoms with van der Waals surface area (Å²) in [5, 5.41) is 0. The van der Waals surface area contributed by atoms with Crippen LogP contribution < -0.4 is 5.73 Å². The zero-order chi connectivity index (χ0) is 10.4. The largest absolute Gasteiger partial charge is 0.353 e. The first-order valence-electron chi connectivity index (χ1n) is 5.15. The zero-order valence-corrected chi connectivity index (χ0v) is 9.89. The fourth-order valence-electron chi connectivity index (χ4n) is 1.39. The molecule has 0 saturated heterocycles. The van der Waals surface area contributed by atoms with Crippen LogP contribution in [0.5, 0.6) is 0 Å². The molecule has 0 aliphatic rings. The van der Waals surface area contributed by atoms with Gasteiger partial charge in [0.05, 0.1) is 0 Å². The van der Waals surface area contributed by atoms with Gasteiger partial charge in [0.2, 0.25) is 0 Å². The highest BCUT2D eigenvalue weighted by atomic mass is 32.2. The van der Waals surface area contributed by atoms with Crippen LogP contribution in [0.1, 0.15) is 18.9 Å². The highest BCUT2D eigenvalue weighted by Gasteiger charge is 2.02. The first-order valence-corrected chi connectivity index (χ1v) is 6.54. The van der Waals surface area contributed by atoms with Gasteiger partial charge in [0, 0.05) is 30.7 Å². The lowest BCUT2D eigenvalue weighted by Crippen LogP contribution is -2.21. The molecule has 0 spiro atoms. The lowest BCUT2D eigenvalue weighted by Gasteiger charge is -2.06. The van der Waals surface area contributed by atoms with E-state index in [0.717, 1.165) is 19.4 Å². The van der Waals surface area contributed by atoms with Crippen molar-refractivity contribution in [3.8, 4) is 0 Å². The second kappa shape index (κ2) is 6.14. The number of nitrogens with two attached hydrogens (primary N) is 1. The number of hydrogen-bond donors (Lipinski definition) is 1. The number of aryl methyl sites for hydroxylation is 1. The highest BCUT2D eigenvalue weighted by Crippen LogP contribution is 2.06. The van der Waals surface area contributed by atoms with Crippen molar-refractivity contribution in [3.63, 3.8) is 0 Å². The van der Waals surface area contributed by atoms with Crippen molar-refractivity contribution in [3.05, 3.63) is 24.0 Å². The van der Waals surface area contributed by atoms with Crippen LogP contribution in [0.4, 0.5) is 0 Å². The summed E-state index contributed by atoms with van der Waals surface area (Å²) in [6.07, 6.45) is 8.55. The molecule has 2 N–H and O–H groups in total. The molecule has 0 amide bonds. The maximum Gasteiger partial charge on any atom is 0.0310 e. The van der Waals surface area contributed by atoms with Crippen LogP contribution in [0, 0.1) is 0 Å². The van der Waals surface area contributed by atoms with Crippen molar-refractivity contribution in [2.75, 3.05) is 12.0 Å². The van der Waals surface area contributed by atoms with Gasteiger partial charge in [-0.3, -0.25) is 0 Å². The van der Waals surface area contributed by atoms with Crippen molar-refractivity contribution in [2.24, 2.45) is 5.73 Å². The number of aromatic nitrogens is 1. The molecular weight excluding hydrogens is 192 g/mol. The van der Waals surface area contributed by atoms with E-state index in [1.54, 1.807) is 0 Å². The van der Waals surface area contributed by atoms with E-state index in [1.807, 2.05) is 11.8 Å². The third-order valence-electron chi connectivity index (χ3n) is 2.39. The van der Waals surface area contributed by atoms with Crippen LogP contribution in [0.3, 0.4) is 0 Å². The second-order valence-corrected chi connectivity index (χ2v) is 4.61. The monoisotopic (exact) mass is 212 g/mol. The van der Waals surface area contributed by atoms with Gasteiger partial charge >= 0.3 is 0 Å². The standard InChI is InChI=1S/C11H20N2S/c1-3-11(12)8-10-4-5-13(9-10)6-7-14-2/h4-5,9,11H,3,6-8,12H2,1-2H3. The predicted octanol–water partition coefficient (Wildman–Crippen LogP) is 2.13. The van der Waals surface area contributed by atoms with Crippen molar-refractivity contribution >= 4 is 11.8 Å². The first-order chi connectivity index (χ1) is 6.76. The smallest absolute Gasteiger partial charge is 0.0310 e. The predicted molar refractivity (Wildman–Crippen MR) is 64.8 cm³/mol. The summed E-state index contributed by atoms with van der Waals surface area (Å²) in [4.78, 5) is 0. The molecule has 1 atom stereocenters. The molecule has 3 heteroatoms. The van der Waals surface area contributed by atoms with Gasteiger partial charge < -0.3 is 10.3 Å². The lowest BCUT2D eigenvalue weighted by molar-refractivity contribution is 0.644. The van der Waals surface area contributed by atoms with E-state index in [9.17, 15) is 0 Å². The molecule has 0 aliphatic heterocycles. The second-order valence-electron chi connectivity index (χ2n) is 3.62. The molecule has 2 nitrogen and oxygen atoms in total. The third-order valence-corrected chi connectivity index (χ3v) is 2.98. The van der Waals surface area contributed by atoms with Gasteiger partial charge in [-0.05, 0) is 30.7 Å². The summed E-state index contributed by atoms with van der Waals surface area (Å²) in [5.74, 6) is 1.17. The average molecular weight is 212 g/mol. The molecule has 0 radical (unpaired) electrons. The Kier molecular flexibility index (Phi) is 5.12. The fourth-order valence-corrected chi connectivity index (χ4v) is 1.79. The van der Waals surface area contributed by atoms with Crippen LogP contribution in [0.15, 0.2) is 18.5 Å². The topological polar surface area (TPSA) is 30.9 Å². The normalized spacial score (nSPS) is 13.1. The first kappa shape index (κ1) is 11.7. The van der Waals surface area contributed by atoms with Gasteiger partial charge in [-0.15, -0.1) is 0 Å². The Balaban J connectivity index is 2.42. The number of thioether (sulfide) groups is 1. The summed E-state index contributed by atoms with van der Waals surface area (Å²) in [6, 6.07) is 2.49. The quantitative estimate of drug-likeness (QED) is 0.783. The highest BCUT2D eigenvalue weighted by molar-refractivity contribution is 7.98. The van der Waals surface area contributed by atoms with Gasteiger partial charge in [0.25, 0.3) is 0 Å². The summed E-state index contributed by atoms with van der Waals surface area (Å²) in [7, 11) is 0. The molecule has 0 fully saturated rings. The van der Waals surface area contributed by atoms with E-state index >= 15 is 0 Å². The van der Waals surface area contributed by atoms with E-state index in [4.69, 9.17) is 5.73 Å². The molecule has 0 saturated carbocycles. The minimum Gasteiger partial charge on any atom is -0.353 e. The maximum atomic E-state index is 5.90. The van der Waals surface area contributed by atoms with Gasteiger partial charge in [0.15, 0.2) is 0 Å². The Bertz CT molecular complexity index is 258. The van der Waals surface area contributed by atoms with E-state index in [0.29, 0.717) is 6.04 Å². The number of rotatable bonds is 6. The van der Waals surface area contributed by atoms with Crippen LogP contribution >= 0.6 is 11.8 Å². The summed E-state index contributed by atoms with van der Waals surface area (Å²) >= 11 is 1.88. The Morgan fingerprint density at radius 1 is 1.57 bits per heavy atom. The maximum absolute atomic E-state index is 5.90. The Hall–Kier alpha value is -0.410. The molecule has 80 valence electrons. The summed E-state index contributed by atoms with van der Waals surface area (Å²) in [6.45, 7) is 3.23. The summed E-state index contributed by atoms with van der Waals surface area (Å²) in [5.41, 5.74) is 7.26. The molecule has 1 heterocycles. The van der Waals surface area contributed by atoms with Crippen molar-refractivity contribution in [2.45, 2.75) is 32.4 Å². The Labute approximate surface area is 90.9 Å². The molecule has 1 unspecified atom stereocenters. The lowest BCUT2D eigenvalue weighted by atomic mass is 10.1. The van der Waals surface area contributed by atoms with E-state index in [1.165, 1.54) is 11.3 Å². The van der Waals surface area contributed by atoms with Gasteiger partial charge in [-0.1, -0.05) is 6.92 Å². The van der Waals surface area contributed by atoms with Crippen LogP contribution in [-0.2, 0) is 13.0 Å². The van der Waals surface area contributed by atoms with Crippen molar-refractivity contribution < 1.29 is 0 Å². The minimum atomic E-state index is 0.311. The molecule has 0 bridgehead atoms. The summed E-state index contributed by atoms with van der Waals surface area (Å²) < 4.78 is 2.24. The molecule has 1 rings (SSSR count). The fraction of sp³-hybridized carbons (Fsp3) is 0.636. The van der Waals surface area contributed by atoms with Gasteiger partial charge in [-0.2, -0.15) is 11.8 Å². The van der Waals surface area contributed by atoms with Crippen LogP contribution in [0.25, 0.3) is 0 Å². The molecular formula is C11H20N2S. The number of nitrogens with zero attached hydrogens (tertiary/aromatic N) is 1. The average Bonchev–Trinajstić information content (AvgIpc) is 2.62. The third kappa shape index (κ3) is 3.76.